The molecule has 0 N–H and O–H groups in total. The van der Waals surface area contributed by atoms with Gasteiger partial charge in [0.1, 0.15) is 0 Å². The summed E-state index contributed by atoms with van der Waals surface area (Å²) in [6, 6.07) is 0. The summed E-state index contributed by atoms with van der Waals surface area (Å²) in [5.74, 6) is -0.342. The van der Waals surface area contributed by atoms with Crippen molar-refractivity contribution in [3.05, 3.63) is 0 Å². The predicted octanol–water partition coefficient (Wildman–Crippen LogP) is 0.801. The van der Waals surface area contributed by atoms with Gasteiger partial charge in [0.15, 0.2) is 6.29 Å². The number of unbranched alkanes of at least 4 members (excludes halogenated alkanes) is 1. The quantitative estimate of drug-likeness (QED) is 0.228. The number of rotatable bonds is 8. The van der Waals surface area contributed by atoms with Crippen molar-refractivity contribution >= 4 is 43.0 Å². The van der Waals surface area contributed by atoms with Gasteiger partial charge in [0.05, 0.1) is 5.75 Å². The average Bonchev–Trinajstić information content (AvgIpc) is 2.17. The van der Waals surface area contributed by atoms with Crippen LogP contribution in [0.3, 0.4) is 0 Å². The molecule has 0 aliphatic heterocycles. The number of ether oxygens (including phenoxy) is 3. The summed E-state index contributed by atoms with van der Waals surface area (Å²) in [4.78, 5) is 10.8. The van der Waals surface area contributed by atoms with Crippen LogP contribution in [0.25, 0.3) is 0 Å². The molecular weight excluding hydrogens is 338 g/mol. The Labute approximate surface area is 120 Å². The van der Waals surface area contributed by atoms with Crippen molar-refractivity contribution in [2.45, 2.75) is 46.2 Å². The Balaban J connectivity index is 0. The molecule has 0 saturated carbocycles. The predicted molar refractivity (Wildman–Crippen MR) is 70.8 cm³/mol. The molecule has 0 aromatic carbocycles. The van der Waals surface area contributed by atoms with E-state index < -0.39 is 12.3 Å². The molecule has 0 saturated heterocycles. The fourth-order valence-corrected chi connectivity index (χ4v) is 1.03. The standard InChI is InChI=1S/C10H20O4S.Sb.3H/c1-4-5-6-12-8(2)13-9(3)14-10(11)7-15;;;;/h8-9,15H,4-7H2,1-3H3;;;;. The molecule has 98 valence electrons. The maximum absolute atomic E-state index is 10.8. The molecular formula is C10H23O4SSb. The molecule has 0 fully saturated rings. The van der Waals surface area contributed by atoms with Crippen molar-refractivity contribution in [3.8, 4) is 0 Å². The second kappa shape index (κ2) is 12.0. The molecule has 6 heteroatoms. The molecule has 0 spiro atoms. The zero-order valence-corrected chi connectivity index (χ0v) is 15.2. The Morgan fingerprint density at radius 3 is 2.44 bits per heavy atom. The normalized spacial score (nSPS) is 13.8. The Kier molecular flexibility index (Phi) is 14.2. The maximum atomic E-state index is 10.8. The SMILES string of the molecule is CCCCOC(C)OC(C)OC(=O)CS.[SbH3]. The molecule has 2 unspecified atom stereocenters. The topological polar surface area (TPSA) is 44.8 Å². The molecule has 4 nitrogen and oxygen atoms in total. The molecule has 2 atom stereocenters. The van der Waals surface area contributed by atoms with Crippen LogP contribution in [0.4, 0.5) is 0 Å². The summed E-state index contributed by atoms with van der Waals surface area (Å²) in [6.07, 6.45) is 1.12. The van der Waals surface area contributed by atoms with Crippen molar-refractivity contribution in [1.82, 2.24) is 0 Å². The van der Waals surface area contributed by atoms with E-state index in [1.165, 1.54) is 0 Å². The summed E-state index contributed by atoms with van der Waals surface area (Å²) in [5, 5.41) is 0. The first-order chi connectivity index (χ1) is 7.10. The van der Waals surface area contributed by atoms with Crippen LogP contribution < -0.4 is 0 Å². The van der Waals surface area contributed by atoms with Gasteiger partial charge in [-0.15, -0.1) is 0 Å². The molecule has 0 radical (unpaired) electrons. The zero-order chi connectivity index (χ0) is 11.7. The van der Waals surface area contributed by atoms with E-state index in [9.17, 15) is 4.79 Å². The van der Waals surface area contributed by atoms with E-state index in [1.807, 2.05) is 0 Å². The van der Waals surface area contributed by atoms with E-state index in [0.717, 1.165) is 12.8 Å². The first kappa shape index (κ1) is 18.9. The van der Waals surface area contributed by atoms with Gasteiger partial charge in [0.2, 0.25) is 6.29 Å². The molecule has 16 heavy (non-hydrogen) atoms. The van der Waals surface area contributed by atoms with E-state index in [1.54, 1.807) is 13.8 Å². The van der Waals surface area contributed by atoms with Crippen LogP contribution >= 0.6 is 12.6 Å². The Hall–Kier alpha value is 0.558. The van der Waals surface area contributed by atoms with E-state index in [0.29, 0.717) is 6.61 Å². The number of carbonyl (C=O) groups excluding carboxylic acids is 1. The van der Waals surface area contributed by atoms with Gasteiger partial charge in [-0.2, -0.15) is 12.6 Å². The molecule has 0 aromatic heterocycles. The van der Waals surface area contributed by atoms with E-state index in [-0.39, 0.29) is 36.5 Å². The monoisotopic (exact) mass is 360 g/mol. The van der Waals surface area contributed by atoms with Crippen LogP contribution in [0.2, 0.25) is 0 Å². The van der Waals surface area contributed by atoms with Gasteiger partial charge in [-0.25, -0.2) is 0 Å². The van der Waals surface area contributed by atoms with Crippen LogP contribution in [0, 0.1) is 0 Å². The van der Waals surface area contributed by atoms with Crippen LogP contribution in [-0.2, 0) is 19.0 Å². The summed E-state index contributed by atoms with van der Waals surface area (Å²) >= 11 is 3.79. The van der Waals surface area contributed by atoms with Crippen molar-refractivity contribution in [2.24, 2.45) is 0 Å². The first-order valence-corrected chi connectivity index (χ1v) is 5.80. The molecule has 0 amide bonds. The van der Waals surface area contributed by atoms with Crippen LogP contribution in [0.15, 0.2) is 0 Å². The van der Waals surface area contributed by atoms with Gasteiger partial charge in [-0.05, 0) is 20.3 Å². The fraction of sp³-hybridized carbons (Fsp3) is 0.900. The number of carbonyl (C=O) groups is 1. The van der Waals surface area contributed by atoms with Crippen molar-refractivity contribution in [3.63, 3.8) is 0 Å². The fourth-order valence-electron chi connectivity index (χ4n) is 0.953. The van der Waals surface area contributed by atoms with Crippen LogP contribution in [0.1, 0.15) is 33.6 Å². The molecule has 0 aliphatic carbocycles. The van der Waals surface area contributed by atoms with E-state index in [2.05, 4.69) is 19.6 Å². The van der Waals surface area contributed by atoms with Gasteiger partial charge < -0.3 is 14.2 Å². The van der Waals surface area contributed by atoms with Crippen LogP contribution in [-0.4, -0.2) is 55.3 Å². The molecule has 0 aliphatic rings. The Bertz CT molecular complexity index is 180. The number of esters is 1. The van der Waals surface area contributed by atoms with Gasteiger partial charge in [0.25, 0.3) is 0 Å². The summed E-state index contributed by atoms with van der Waals surface area (Å²) in [7, 11) is 0. The summed E-state index contributed by atoms with van der Waals surface area (Å²) in [6.45, 7) is 6.18. The minimum atomic E-state index is -0.596. The van der Waals surface area contributed by atoms with Gasteiger partial charge in [-0.3, -0.25) is 4.79 Å². The number of hydrogen-bond donors (Lipinski definition) is 1. The van der Waals surface area contributed by atoms with Crippen molar-refractivity contribution in [2.75, 3.05) is 12.4 Å². The second-order valence-electron chi connectivity index (χ2n) is 3.14. The van der Waals surface area contributed by atoms with Gasteiger partial charge in [-0.1, -0.05) is 13.3 Å². The van der Waals surface area contributed by atoms with Gasteiger partial charge >= 0.3 is 30.4 Å². The molecule has 0 heterocycles. The van der Waals surface area contributed by atoms with E-state index in [4.69, 9.17) is 14.2 Å². The zero-order valence-electron chi connectivity index (χ0n) is 10.3. The number of hydrogen-bond acceptors (Lipinski definition) is 5. The molecule has 0 aromatic rings. The third-order valence-electron chi connectivity index (χ3n) is 1.66. The van der Waals surface area contributed by atoms with Crippen LogP contribution in [0.5, 0.6) is 0 Å². The third kappa shape index (κ3) is 11.1. The minimum absolute atomic E-state index is 0. The summed E-state index contributed by atoms with van der Waals surface area (Å²) in [5.41, 5.74) is 0. The molecule has 0 rings (SSSR count). The number of thiol groups is 1. The van der Waals surface area contributed by atoms with Crippen molar-refractivity contribution < 1.29 is 19.0 Å². The Morgan fingerprint density at radius 2 is 1.94 bits per heavy atom. The van der Waals surface area contributed by atoms with E-state index >= 15 is 0 Å². The third-order valence-corrected chi connectivity index (χ3v) is 1.92. The average molecular weight is 361 g/mol. The second-order valence-corrected chi connectivity index (χ2v) is 3.46. The summed E-state index contributed by atoms with van der Waals surface area (Å²) < 4.78 is 15.5. The Morgan fingerprint density at radius 1 is 1.31 bits per heavy atom. The molecule has 0 bridgehead atoms. The van der Waals surface area contributed by atoms with Gasteiger partial charge in [0, 0.05) is 6.61 Å². The van der Waals surface area contributed by atoms with Crippen molar-refractivity contribution in [1.29, 1.82) is 0 Å². The first-order valence-electron chi connectivity index (χ1n) is 5.17.